The van der Waals surface area contributed by atoms with Gasteiger partial charge in [-0.15, -0.1) is 0 Å². The summed E-state index contributed by atoms with van der Waals surface area (Å²) >= 11 is 0. The van der Waals surface area contributed by atoms with Gasteiger partial charge in [0.15, 0.2) is 0 Å². The predicted octanol–water partition coefficient (Wildman–Crippen LogP) is 19.1. The van der Waals surface area contributed by atoms with Crippen molar-refractivity contribution in [2.24, 2.45) is 0 Å². The van der Waals surface area contributed by atoms with Crippen molar-refractivity contribution >= 4 is 49.4 Å². The van der Waals surface area contributed by atoms with Crippen molar-refractivity contribution < 1.29 is 0 Å². The molecule has 0 aromatic heterocycles. The van der Waals surface area contributed by atoms with Crippen molar-refractivity contribution in [2.45, 2.75) is 36.5 Å². The maximum atomic E-state index is 2.65. The highest BCUT2D eigenvalue weighted by Crippen LogP contribution is 2.65. The number of fused-ring (bicyclic) bond motifs is 21. The molecule has 12 aromatic rings. The number of anilines is 3. The summed E-state index contributed by atoms with van der Waals surface area (Å²) in [4.78, 5) is 2.65. The van der Waals surface area contributed by atoms with Gasteiger partial charge in [-0.25, -0.2) is 0 Å². The molecule has 0 radical (unpaired) electrons. The number of benzene rings is 12. The second-order valence-corrected chi connectivity index (χ2v) is 20.9. The minimum absolute atomic E-state index is 0.00421. The SMILES string of the molecule is c1ccc(-c2ccccc2-c2cc3c(cc2N(c2ccc4c(c2)C2(CCCC2)c2ccccc2-4)c2ccc4c5ccccc5c5ccccc5c4c2)C2(c4ccccc4-c4ccccc42)c2ccccc2-3)cc1. The average Bonchev–Trinajstić information content (AvgIpc) is 4.22. The molecule has 73 heavy (non-hydrogen) atoms. The third-order valence-corrected chi connectivity index (χ3v) is 17.6. The van der Waals surface area contributed by atoms with E-state index in [1.807, 2.05) is 0 Å². The third-order valence-electron chi connectivity index (χ3n) is 17.6. The van der Waals surface area contributed by atoms with E-state index in [0.717, 1.165) is 11.4 Å². The molecule has 2 spiro atoms. The first-order valence-electron chi connectivity index (χ1n) is 26.2. The summed E-state index contributed by atoms with van der Waals surface area (Å²) in [6.45, 7) is 0. The van der Waals surface area contributed by atoms with Gasteiger partial charge in [0.1, 0.15) is 0 Å². The zero-order chi connectivity index (χ0) is 47.8. The summed E-state index contributed by atoms with van der Waals surface area (Å²) in [5.74, 6) is 0. The fourth-order valence-electron chi connectivity index (χ4n) is 14.7. The normalized spacial score (nSPS) is 14.8. The summed E-state index contributed by atoms with van der Waals surface area (Å²) in [7, 11) is 0. The third kappa shape index (κ3) is 5.52. The fourth-order valence-corrected chi connectivity index (χ4v) is 14.7. The van der Waals surface area contributed by atoms with Crippen molar-refractivity contribution in [3.05, 3.63) is 282 Å². The van der Waals surface area contributed by atoms with Crippen LogP contribution in [0.3, 0.4) is 0 Å². The van der Waals surface area contributed by atoms with E-state index in [4.69, 9.17) is 0 Å². The molecule has 12 aromatic carbocycles. The van der Waals surface area contributed by atoms with Crippen LogP contribution < -0.4 is 4.90 Å². The molecule has 0 saturated heterocycles. The van der Waals surface area contributed by atoms with E-state index in [-0.39, 0.29) is 5.41 Å². The minimum Gasteiger partial charge on any atom is -0.310 e. The molecule has 0 atom stereocenters. The van der Waals surface area contributed by atoms with Gasteiger partial charge in [0.05, 0.1) is 11.1 Å². The maximum absolute atomic E-state index is 2.65. The van der Waals surface area contributed by atoms with E-state index in [1.165, 1.54) is 153 Å². The molecule has 0 amide bonds. The minimum atomic E-state index is -0.525. The fraction of sp³-hybridized carbons (Fsp3) is 0.0833. The summed E-state index contributed by atoms with van der Waals surface area (Å²) in [6, 6.07) is 95.0. The van der Waals surface area contributed by atoms with Gasteiger partial charge in [-0.1, -0.05) is 225 Å². The molecule has 1 heteroatoms. The van der Waals surface area contributed by atoms with Crippen molar-refractivity contribution in [3.63, 3.8) is 0 Å². The highest BCUT2D eigenvalue weighted by Gasteiger charge is 2.52. The van der Waals surface area contributed by atoms with Crippen LogP contribution in [0.15, 0.2) is 249 Å². The molecule has 0 aliphatic heterocycles. The molecule has 4 aliphatic carbocycles. The lowest BCUT2D eigenvalue weighted by molar-refractivity contribution is 0.550. The number of nitrogens with zero attached hydrogens (tertiary/aromatic N) is 1. The number of rotatable bonds is 5. The number of hydrogen-bond donors (Lipinski definition) is 0. The van der Waals surface area contributed by atoms with Crippen LogP contribution in [0.1, 0.15) is 59.1 Å². The van der Waals surface area contributed by atoms with Gasteiger partial charge in [0.2, 0.25) is 0 Å². The van der Waals surface area contributed by atoms with Crippen LogP contribution in [0, 0.1) is 0 Å². The molecule has 16 rings (SSSR count). The maximum Gasteiger partial charge on any atom is 0.0726 e. The Hall–Kier alpha value is -8.78. The summed E-state index contributed by atoms with van der Waals surface area (Å²) < 4.78 is 0. The smallest absolute Gasteiger partial charge is 0.0726 e. The standard InChI is InChI=1S/C72H49N/c1-2-20-46(21-3-1)49-22-4-5-23-50(49)63-44-62-59-31-13-17-35-67(59)72(65-33-15-11-29-57(65)58-30-12-16-34-66(58)72)69(62)45-70(63)73(48-37-39-60-56-28-10-14-32-64(56)71(68(60)43-48)40-18-19-41-71)47-36-38-55-53-26-7-6-24-51(53)52-25-8-9-27-54(52)61(55)42-47/h1-17,20-39,42-45H,18-19,40-41H2. The van der Waals surface area contributed by atoms with Crippen LogP contribution in [0.5, 0.6) is 0 Å². The van der Waals surface area contributed by atoms with Crippen molar-refractivity contribution in [1.82, 2.24) is 0 Å². The first kappa shape index (κ1) is 40.9. The Morgan fingerprint density at radius 1 is 0.260 bits per heavy atom. The first-order chi connectivity index (χ1) is 36.2. The van der Waals surface area contributed by atoms with E-state index < -0.39 is 5.41 Å². The van der Waals surface area contributed by atoms with Gasteiger partial charge in [0, 0.05) is 22.4 Å². The highest BCUT2D eigenvalue weighted by molar-refractivity contribution is 6.26. The average molecular weight is 928 g/mol. The van der Waals surface area contributed by atoms with Crippen LogP contribution in [0.4, 0.5) is 17.1 Å². The Bertz CT molecular complexity index is 4200. The van der Waals surface area contributed by atoms with Gasteiger partial charge >= 0.3 is 0 Å². The van der Waals surface area contributed by atoms with E-state index >= 15 is 0 Å². The largest absolute Gasteiger partial charge is 0.310 e. The van der Waals surface area contributed by atoms with E-state index in [9.17, 15) is 0 Å². The first-order valence-corrected chi connectivity index (χ1v) is 26.2. The van der Waals surface area contributed by atoms with Gasteiger partial charge in [-0.2, -0.15) is 0 Å². The van der Waals surface area contributed by atoms with Crippen LogP contribution in [0.25, 0.3) is 88.0 Å². The molecule has 0 N–H and O–H groups in total. The second kappa shape index (κ2) is 15.4. The highest BCUT2D eigenvalue weighted by atomic mass is 15.1. The summed E-state index contributed by atoms with van der Waals surface area (Å²) in [5.41, 5.74) is 24.1. The second-order valence-electron chi connectivity index (χ2n) is 20.9. The monoisotopic (exact) mass is 927 g/mol. The lowest BCUT2D eigenvalue weighted by Crippen LogP contribution is -2.26. The molecule has 0 unspecified atom stereocenters. The molecule has 0 bridgehead atoms. The molecule has 1 saturated carbocycles. The molecule has 1 fully saturated rings. The zero-order valence-electron chi connectivity index (χ0n) is 40.4. The zero-order valence-corrected chi connectivity index (χ0v) is 40.4. The van der Waals surface area contributed by atoms with Crippen LogP contribution in [-0.2, 0) is 10.8 Å². The van der Waals surface area contributed by atoms with Crippen molar-refractivity contribution in [3.8, 4) is 55.6 Å². The quantitative estimate of drug-likeness (QED) is 0.156. The Kier molecular flexibility index (Phi) is 8.61. The van der Waals surface area contributed by atoms with Crippen LogP contribution in [-0.4, -0.2) is 0 Å². The molecule has 342 valence electrons. The molecule has 1 nitrogen and oxygen atoms in total. The van der Waals surface area contributed by atoms with E-state index in [2.05, 4.69) is 254 Å². The molecular formula is C72H49N. The van der Waals surface area contributed by atoms with E-state index in [0.29, 0.717) is 0 Å². The van der Waals surface area contributed by atoms with Crippen LogP contribution in [0.2, 0.25) is 0 Å². The van der Waals surface area contributed by atoms with E-state index in [1.54, 1.807) is 0 Å². The summed E-state index contributed by atoms with van der Waals surface area (Å²) in [5, 5.41) is 7.64. The van der Waals surface area contributed by atoms with Gasteiger partial charge in [-0.3, -0.25) is 0 Å². The van der Waals surface area contributed by atoms with Gasteiger partial charge in [0.25, 0.3) is 0 Å². The molecular weight excluding hydrogens is 879 g/mol. The Morgan fingerprint density at radius 2 is 0.699 bits per heavy atom. The lowest BCUT2D eigenvalue weighted by atomic mass is 9.70. The number of hydrogen-bond acceptors (Lipinski definition) is 1. The summed E-state index contributed by atoms with van der Waals surface area (Å²) in [6.07, 6.45) is 4.82. The van der Waals surface area contributed by atoms with Crippen molar-refractivity contribution in [2.75, 3.05) is 4.90 Å². The van der Waals surface area contributed by atoms with Crippen LogP contribution >= 0.6 is 0 Å². The van der Waals surface area contributed by atoms with Gasteiger partial charge < -0.3 is 4.90 Å². The Balaban J connectivity index is 1.06. The van der Waals surface area contributed by atoms with Crippen molar-refractivity contribution in [1.29, 1.82) is 0 Å². The Labute approximate surface area is 426 Å². The Morgan fingerprint density at radius 3 is 1.32 bits per heavy atom. The predicted molar refractivity (Wildman–Crippen MR) is 305 cm³/mol. The topological polar surface area (TPSA) is 3.24 Å². The molecule has 0 heterocycles. The van der Waals surface area contributed by atoms with Gasteiger partial charge in [-0.05, 0) is 165 Å². The lowest BCUT2D eigenvalue weighted by Gasteiger charge is -2.34. The molecule has 4 aliphatic rings.